The zero-order valence-corrected chi connectivity index (χ0v) is 11.4. The van der Waals surface area contributed by atoms with Crippen LogP contribution in [0.1, 0.15) is 31.0 Å². The molecule has 0 aliphatic rings. The van der Waals surface area contributed by atoms with Gasteiger partial charge in [-0.25, -0.2) is 8.78 Å². The number of nitrogens with two attached hydrogens (primary N) is 1. The van der Waals surface area contributed by atoms with E-state index in [0.717, 1.165) is 6.07 Å². The molecule has 2 aromatic carbocycles. The summed E-state index contributed by atoms with van der Waals surface area (Å²) >= 11 is 0. The van der Waals surface area contributed by atoms with Crippen LogP contribution in [0.15, 0.2) is 42.5 Å². The lowest BCUT2D eigenvalue weighted by atomic mass is 9.98. The summed E-state index contributed by atoms with van der Waals surface area (Å²) in [4.78, 5) is 0. The predicted molar refractivity (Wildman–Crippen MR) is 74.6 cm³/mol. The van der Waals surface area contributed by atoms with Gasteiger partial charge in [0.2, 0.25) is 0 Å². The van der Waals surface area contributed by atoms with Crippen molar-refractivity contribution < 1.29 is 13.5 Å². The summed E-state index contributed by atoms with van der Waals surface area (Å²) in [7, 11) is 0. The van der Waals surface area contributed by atoms with Crippen LogP contribution in [0.3, 0.4) is 0 Å². The van der Waals surface area contributed by atoms with Gasteiger partial charge in [-0.3, -0.25) is 0 Å². The topological polar surface area (TPSA) is 35.2 Å². The van der Waals surface area contributed by atoms with E-state index >= 15 is 0 Å². The van der Waals surface area contributed by atoms with Gasteiger partial charge < -0.3 is 10.5 Å². The summed E-state index contributed by atoms with van der Waals surface area (Å²) in [6.07, 6.45) is -0.0271. The molecule has 0 heterocycles. The zero-order valence-electron chi connectivity index (χ0n) is 11.4. The summed E-state index contributed by atoms with van der Waals surface area (Å²) in [5.74, 6) is -1.24. The Morgan fingerprint density at radius 3 is 2.30 bits per heavy atom. The number of ether oxygens (including phenoxy) is 1. The second-order valence-electron chi connectivity index (χ2n) is 4.83. The smallest absolute Gasteiger partial charge is 0.163 e. The maximum absolute atomic E-state index is 13.8. The van der Waals surface area contributed by atoms with Crippen molar-refractivity contribution in [1.82, 2.24) is 0 Å². The highest BCUT2D eigenvalue weighted by molar-refractivity contribution is 5.41. The standard InChI is InChI=1S/C16H17F2NO/c1-10(2)20-14-9-4-3-6-11(14)16(19)12-7-5-8-13(17)15(12)18/h3-10,16H,19H2,1-2H3. The summed E-state index contributed by atoms with van der Waals surface area (Å²) in [5.41, 5.74) is 6.82. The fourth-order valence-electron chi connectivity index (χ4n) is 2.03. The molecule has 0 aliphatic carbocycles. The summed E-state index contributed by atoms with van der Waals surface area (Å²) in [6, 6.07) is 10.4. The van der Waals surface area contributed by atoms with E-state index in [9.17, 15) is 8.78 Å². The molecule has 1 atom stereocenters. The second kappa shape index (κ2) is 6.01. The van der Waals surface area contributed by atoms with Gasteiger partial charge in [0.05, 0.1) is 12.1 Å². The first-order chi connectivity index (χ1) is 9.50. The summed E-state index contributed by atoms with van der Waals surface area (Å²) in [6.45, 7) is 3.79. The molecule has 0 saturated heterocycles. The number of hydrogen-bond donors (Lipinski definition) is 1. The highest BCUT2D eigenvalue weighted by atomic mass is 19.2. The molecule has 2 rings (SSSR count). The Morgan fingerprint density at radius 1 is 0.950 bits per heavy atom. The first-order valence-corrected chi connectivity index (χ1v) is 6.45. The average molecular weight is 277 g/mol. The van der Waals surface area contributed by atoms with Crippen molar-refractivity contribution in [3.63, 3.8) is 0 Å². The molecule has 0 fully saturated rings. The largest absolute Gasteiger partial charge is 0.491 e. The number of rotatable bonds is 4. The molecule has 106 valence electrons. The summed E-state index contributed by atoms with van der Waals surface area (Å²) < 4.78 is 32.8. The van der Waals surface area contributed by atoms with E-state index in [1.165, 1.54) is 12.1 Å². The SMILES string of the molecule is CC(C)Oc1ccccc1C(N)c1cccc(F)c1F. The molecule has 0 radical (unpaired) electrons. The van der Waals surface area contributed by atoms with Gasteiger partial charge in [-0.05, 0) is 26.0 Å². The number of benzene rings is 2. The molecule has 2 aromatic rings. The molecule has 4 heteroatoms. The van der Waals surface area contributed by atoms with Crippen molar-refractivity contribution in [2.24, 2.45) is 5.73 Å². The first kappa shape index (κ1) is 14.5. The van der Waals surface area contributed by atoms with Gasteiger partial charge in [-0.2, -0.15) is 0 Å². The Hall–Kier alpha value is -1.94. The van der Waals surface area contributed by atoms with E-state index < -0.39 is 17.7 Å². The Bertz CT molecular complexity index is 599. The van der Waals surface area contributed by atoms with E-state index in [1.54, 1.807) is 18.2 Å². The van der Waals surface area contributed by atoms with Crippen molar-refractivity contribution in [2.45, 2.75) is 26.0 Å². The van der Waals surface area contributed by atoms with Crippen molar-refractivity contribution in [1.29, 1.82) is 0 Å². The molecule has 2 nitrogen and oxygen atoms in total. The normalized spacial score (nSPS) is 12.5. The minimum Gasteiger partial charge on any atom is -0.491 e. The molecule has 0 bridgehead atoms. The fraction of sp³-hybridized carbons (Fsp3) is 0.250. The van der Waals surface area contributed by atoms with Crippen molar-refractivity contribution >= 4 is 0 Å². The molecular formula is C16H17F2NO. The van der Waals surface area contributed by atoms with Gasteiger partial charge in [0.25, 0.3) is 0 Å². The monoisotopic (exact) mass is 277 g/mol. The third-order valence-electron chi connectivity index (χ3n) is 2.93. The lowest BCUT2D eigenvalue weighted by Gasteiger charge is -2.19. The molecule has 0 saturated carbocycles. The lowest BCUT2D eigenvalue weighted by molar-refractivity contribution is 0.239. The second-order valence-corrected chi connectivity index (χ2v) is 4.83. The molecule has 0 aliphatic heterocycles. The molecule has 20 heavy (non-hydrogen) atoms. The fourth-order valence-corrected chi connectivity index (χ4v) is 2.03. The molecule has 1 unspecified atom stereocenters. The van der Waals surface area contributed by atoms with E-state index in [4.69, 9.17) is 10.5 Å². The summed E-state index contributed by atoms with van der Waals surface area (Å²) in [5, 5.41) is 0. The maximum atomic E-state index is 13.8. The van der Waals surface area contributed by atoms with Crippen molar-refractivity contribution in [3.8, 4) is 5.75 Å². The van der Waals surface area contributed by atoms with E-state index in [-0.39, 0.29) is 11.7 Å². The van der Waals surface area contributed by atoms with Gasteiger partial charge in [-0.1, -0.05) is 30.3 Å². The minimum absolute atomic E-state index is 0.0271. The van der Waals surface area contributed by atoms with Crippen molar-refractivity contribution in [2.75, 3.05) is 0 Å². The minimum atomic E-state index is -0.917. The third-order valence-corrected chi connectivity index (χ3v) is 2.93. The molecule has 2 N–H and O–H groups in total. The maximum Gasteiger partial charge on any atom is 0.163 e. The molecule has 0 spiro atoms. The Labute approximate surface area is 117 Å². The average Bonchev–Trinajstić information content (AvgIpc) is 2.41. The van der Waals surface area contributed by atoms with Gasteiger partial charge in [0.1, 0.15) is 5.75 Å². The first-order valence-electron chi connectivity index (χ1n) is 6.45. The molecular weight excluding hydrogens is 260 g/mol. The van der Waals surface area contributed by atoms with Crippen LogP contribution in [0.2, 0.25) is 0 Å². The van der Waals surface area contributed by atoms with Gasteiger partial charge in [0.15, 0.2) is 11.6 Å². The third kappa shape index (κ3) is 2.96. The highest BCUT2D eigenvalue weighted by Crippen LogP contribution is 2.30. The van der Waals surface area contributed by atoms with Crippen LogP contribution < -0.4 is 10.5 Å². The Balaban J connectivity index is 2.43. The molecule has 0 aromatic heterocycles. The number of para-hydroxylation sites is 1. The van der Waals surface area contributed by atoms with Crippen LogP contribution in [0.4, 0.5) is 8.78 Å². The van der Waals surface area contributed by atoms with Gasteiger partial charge in [-0.15, -0.1) is 0 Å². The number of hydrogen-bond acceptors (Lipinski definition) is 2. The van der Waals surface area contributed by atoms with Crippen LogP contribution in [-0.4, -0.2) is 6.10 Å². The van der Waals surface area contributed by atoms with Crippen LogP contribution in [0, 0.1) is 11.6 Å². The highest BCUT2D eigenvalue weighted by Gasteiger charge is 2.19. The van der Waals surface area contributed by atoms with E-state index in [2.05, 4.69) is 0 Å². The van der Waals surface area contributed by atoms with Crippen LogP contribution in [0.5, 0.6) is 5.75 Å². The predicted octanol–water partition coefficient (Wildman–Crippen LogP) is 3.80. The quantitative estimate of drug-likeness (QED) is 0.922. The van der Waals surface area contributed by atoms with Crippen LogP contribution >= 0.6 is 0 Å². The lowest BCUT2D eigenvalue weighted by Crippen LogP contribution is -2.17. The van der Waals surface area contributed by atoms with Gasteiger partial charge >= 0.3 is 0 Å². The van der Waals surface area contributed by atoms with Crippen LogP contribution in [0.25, 0.3) is 0 Å². The van der Waals surface area contributed by atoms with E-state index in [1.807, 2.05) is 19.9 Å². The zero-order chi connectivity index (χ0) is 14.7. The van der Waals surface area contributed by atoms with Gasteiger partial charge in [0, 0.05) is 11.1 Å². The number of halogens is 2. The molecule has 0 amide bonds. The Morgan fingerprint density at radius 2 is 1.60 bits per heavy atom. The van der Waals surface area contributed by atoms with E-state index in [0.29, 0.717) is 11.3 Å². The van der Waals surface area contributed by atoms with Crippen molar-refractivity contribution in [3.05, 3.63) is 65.2 Å². The van der Waals surface area contributed by atoms with Crippen LogP contribution in [-0.2, 0) is 0 Å². The Kier molecular flexibility index (Phi) is 4.35.